The summed E-state index contributed by atoms with van der Waals surface area (Å²) in [5.41, 5.74) is 0.996. The van der Waals surface area contributed by atoms with E-state index in [4.69, 9.17) is 9.47 Å². The minimum Gasteiger partial charge on any atom is -0.486 e. The second kappa shape index (κ2) is 6.86. The molecule has 0 unspecified atom stereocenters. The highest BCUT2D eigenvalue weighted by Gasteiger charge is 2.15. The molecule has 0 atom stereocenters. The summed E-state index contributed by atoms with van der Waals surface area (Å²) >= 11 is 1.31. The lowest BCUT2D eigenvalue weighted by Crippen LogP contribution is -2.28. The van der Waals surface area contributed by atoms with Gasteiger partial charge in [0.1, 0.15) is 13.2 Å². The molecule has 1 amide bonds. The summed E-state index contributed by atoms with van der Waals surface area (Å²) in [6.45, 7) is 1.62. The molecule has 1 aliphatic heterocycles. The maximum Gasteiger partial charge on any atom is 0.233 e. The molecule has 0 radical (unpaired) electrons. The van der Waals surface area contributed by atoms with Crippen LogP contribution in [0.4, 0.5) is 0 Å². The average molecular weight is 335 g/mol. The Hall–Kier alpha value is -2.29. The van der Waals surface area contributed by atoms with Crippen molar-refractivity contribution in [3.8, 4) is 11.5 Å². The van der Waals surface area contributed by atoms with E-state index >= 15 is 0 Å². The summed E-state index contributed by atoms with van der Waals surface area (Å²) in [6, 6.07) is 5.73. The number of carbonyl (C=O) groups excluding carboxylic acids is 1. The van der Waals surface area contributed by atoms with Crippen molar-refractivity contribution in [1.29, 1.82) is 0 Å². The minimum atomic E-state index is 0.00730. The Bertz CT molecular complexity index is 705. The van der Waals surface area contributed by atoms with Crippen LogP contribution >= 0.6 is 11.8 Å². The third-order valence-corrected chi connectivity index (χ3v) is 4.35. The molecule has 0 bridgehead atoms. The van der Waals surface area contributed by atoms with E-state index in [1.165, 1.54) is 11.8 Å². The number of tetrazole rings is 1. The van der Waals surface area contributed by atoms with Gasteiger partial charge in [-0.1, -0.05) is 17.8 Å². The first-order chi connectivity index (χ1) is 11.1. The van der Waals surface area contributed by atoms with Gasteiger partial charge < -0.3 is 14.4 Å². The molecule has 1 aromatic carbocycles. The van der Waals surface area contributed by atoms with Gasteiger partial charge in [0.15, 0.2) is 11.5 Å². The molecule has 0 N–H and O–H groups in total. The highest BCUT2D eigenvalue weighted by molar-refractivity contribution is 7.99. The highest BCUT2D eigenvalue weighted by Crippen LogP contribution is 2.31. The third kappa shape index (κ3) is 3.73. The number of hydrogen-bond donors (Lipinski definition) is 0. The van der Waals surface area contributed by atoms with Crippen molar-refractivity contribution in [1.82, 2.24) is 25.1 Å². The molecule has 0 aliphatic carbocycles. The van der Waals surface area contributed by atoms with Crippen LogP contribution < -0.4 is 9.47 Å². The number of amides is 1. The summed E-state index contributed by atoms with van der Waals surface area (Å²) in [5.74, 6) is 1.77. The third-order valence-electron chi connectivity index (χ3n) is 3.36. The largest absolute Gasteiger partial charge is 0.486 e. The number of carbonyl (C=O) groups is 1. The fraction of sp³-hybridized carbons (Fsp3) is 0.429. The van der Waals surface area contributed by atoms with Crippen molar-refractivity contribution in [2.24, 2.45) is 7.05 Å². The lowest BCUT2D eigenvalue weighted by atomic mass is 10.2. The fourth-order valence-corrected chi connectivity index (χ4v) is 2.92. The van der Waals surface area contributed by atoms with Gasteiger partial charge in [-0.2, -0.15) is 0 Å². The molecular weight excluding hydrogens is 318 g/mol. The van der Waals surface area contributed by atoms with Crippen LogP contribution in [0.2, 0.25) is 0 Å². The predicted octanol–water partition coefficient (Wildman–Crippen LogP) is 0.732. The van der Waals surface area contributed by atoms with Gasteiger partial charge in [-0.05, 0) is 28.1 Å². The predicted molar refractivity (Wildman–Crippen MR) is 83.4 cm³/mol. The molecule has 1 aliphatic rings. The molecule has 0 saturated heterocycles. The van der Waals surface area contributed by atoms with Gasteiger partial charge >= 0.3 is 0 Å². The molecule has 2 aromatic rings. The lowest BCUT2D eigenvalue weighted by molar-refractivity contribution is -0.127. The van der Waals surface area contributed by atoms with Gasteiger partial charge in [0, 0.05) is 20.6 Å². The van der Waals surface area contributed by atoms with E-state index in [1.807, 2.05) is 18.2 Å². The molecule has 0 fully saturated rings. The SMILES string of the molecule is CN(Cc1ccc2c(c1)OCCO2)C(=O)CSc1nnnn1C. The van der Waals surface area contributed by atoms with E-state index in [1.54, 1.807) is 23.7 Å². The Morgan fingerprint density at radius 2 is 2.13 bits per heavy atom. The van der Waals surface area contributed by atoms with Gasteiger partial charge in [0.25, 0.3) is 0 Å². The number of benzene rings is 1. The van der Waals surface area contributed by atoms with E-state index in [9.17, 15) is 4.79 Å². The Balaban J connectivity index is 1.56. The molecule has 3 rings (SSSR count). The molecule has 23 heavy (non-hydrogen) atoms. The van der Waals surface area contributed by atoms with E-state index in [0.29, 0.717) is 24.9 Å². The molecular formula is C14H17N5O3S. The van der Waals surface area contributed by atoms with Crippen LogP contribution in [-0.4, -0.2) is 57.0 Å². The van der Waals surface area contributed by atoms with E-state index in [2.05, 4.69) is 15.5 Å². The summed E-state index contributed by atoms with van der Waals surface area (Å²) in [6.07, 6.45) is 0. The number of nitrogens with zero attached hydrogens (tertiary/aromatic N) is 5. The van der Waals surface area contributed by atoms with Crippen LogP contribution in [0.3, 0.4) is 0 Å². The highest BCUT2D eigenvalue weighted by atomic mass is 32.2. The van der Waals surface area contributed by atoms with Gasteiger partial charge in [-0.3, -0.25) is 4.79 Å². The minimum absolute atomic E-state index is 0.00730. The number of aromatic nitrogens is 4. The zero-order valence-electron chi connectivity index (χ0n) is 12.9. The summed E-state index contributed by atoms with van der Waals surface area (Å²) in [5, 5.41) is 11.7. The first kappa shape index (κ1) is 15.6. The number of hydrogen-bond acceptors (Lipinski definition) is 7. The molecule has 8 nitrogen and oxygen atoms in total. The molecule has 0 saturated carbocycles. The van der Waals surface area contributed by atoms with Gasteiger partial charge in [-0.15, -0.1) is 5.10 Å². The first-order valence-electron chi connectivity index (χ1n) is 7.11. The maximum atomic E-state index is 12.2. The number of fused-ring (bicyclic) bond motifs is 1. The van der Waals surface area contributed by atoms with Crippen LogP contribution in [0.25, 0.3) is 0 Å². The second-order valence-electron chi connectivity index (χ2n) is 5.10. The zero-order valence-corrected chi connectivity index (χ0v) is 13.7. The zero-order chi connectivity index (χ0) is 16.2. The lowest BCUT2D eigenvalue weighted by Gasteiger charge is -2.21. The molecule has 0 spiro atoms. The Kier molecular flexibility index (Phi) is 4.65. The van der Waals surface area contributed by atoms with Gasteiger partial charge in [0.2, 0.25) is 11.1 Å². The van der Waals surface area contributed by atoms with Crippen LogP contribution in [-0.2, 0) is 18.4 Å². The Morgan fingerprint density at radius 1 is 1.35 bits per heavy atom. The number of thioether (sulfide) groups is 1. The van der Waals surface area contributed by atoms with Crippen LogP contribution in [0.5, 0.6) is 11.5 Å². The van der Waals surface area contributed by atoms with E-state index < -0.39 is 0 Å². The van der Waals surface area contributed by atoms with Crippen molar-refractivity contribution in [3.05, 3.63) is 23.8 Å². The monoisotopic (exact) mass is 335 g/mol. The molecule has 2 heterocycles. The topological polar surface area (TPSA) is 82.4 Å². The summed E-state index contributed by atoms with van der Waals surface area (Å²) in [7, 11) is 3.51. The van der Waals surface area contributed by atoms with Crippen molar-refractivity contribution in [3.63, 3.8) is 0 Å². The fourth-order valence-electron chi connectivity index (χ4n) is 2.13. The van der Waals surface area contributed by atoms with Crippen LogP contribution in [0, 0.1) is 0 Å². The Labute approximate surface area is 137 Å². The summed E-state index contributed by atoms with van der Waals surface area (Å²) < 4.78 is 12.6. The van der Waals surface area contributed by atoms with Crippen molar-refractivity contribution >= 4 is 17.7 Å². The standard InChI is InChI=1S/C14H17N5O3S/c1-18(13(20)9-23-14-15-16-17-19(14)2)8-10-3-4-11-12(7-10)22-6-5-21-11/h3-4,7H,5-6,8-9H2,1-2H3. The van der Waals surface area contributed by atoms with Gasteiger partial charge in [-0.25, -0.2) is 4.68 Å². The number of aryl methyl sites for hydroxylation is 1. The average Bonchev–Trinajstić information content (AvgIpc) is 2.97. The smallest absolute Gasteiger partial charge is 0.233 e. The normalized spacial score (nSPS) is 13.0. The summed E-state index contributed by atoms with van der Waals surface area (Å²) in [4.78, 5) is 13.9. The molecule has 122 valence electrons. The second-order valence-corrected chi connectivity index (χ2v) is 6.04. The van der Waals surface area contributed by atoms with Crippen molar-refractivity contribution in [2.45, 2.75) is 11.7 Å². The molecule has 9 heteroatoms. The number of rotatable bonds is 5. The van der Waals surface area contributed by atoms with E-state index in [-0.39, 0.29) is 11.7 Å². The van der Waals surface area contributed by atoms with Crippen molar-refractivity contribution < 1.29 is 14.3 Å². The Morgan fingerprint density at radius 3 is 2.87 bits per heavy atom. The van der Waals surface area contributed by atoms with Crippen LogP contribution in [0.1, 0.15) is 5.56 Å². The van der Waals surface area contributed by atoms with Crippen molar-refractivity contribution in [2.75, 3.05) is 26.0 Å². The van der Waals surface area contributed by atoms with Crippen LogP contribution in [0.15, 0.2) is 23.4 Å². The first-order valence-corrected chi connectivity index (χ1v) is 8.09. The maximum absolute atomic E-state index is 12.2. The van der Waals surface area contributed by atoms with E-state index in [0.717, 1.165) is 17.1 Å². The quantitative estimate of drug-likeness (QED) is 0.745. The molecule has 1 aromatic heterocycles. The van der Waals surface area contributed by atoms with Gasteiger partial charge in [0.05, 0.1) is 5.75 Å². The number of ether oxygens (including phenoxy) is 2.